The van der Waals surface area contributed by atoms with E-state index in [9.17, 15) is 4.79 Å². The Kier molecular flexibility index (Phi) is 2.47. The third kappa shape index (κ3) is 1.69. The van der Waals surface area contributed by atoms with Crippen molar-refractivity contribution in [3.05, 3.63) is 28.7 Å². The Hall–Kier alpha value is -2.11. The largest absolute Gasteiger partial charge is 0.338 e. The fourth-order valence-electron chi connectivity index (χ4n) is 1.28. The molecule has 0 bridgehead atoms. The summed E-state index contributed by atoms with van der Waals surface area (Å²) in [5.41, 5.74) is 2.80. The van der Waals surface area contributed by atoms with Gasteiger partial charge < -0.3 is 4.52 Å². The number of carbonyl (C=O) groups excluding carboxylic acids is 1. The molecule has 2 heterocycles. The quantitative estimate of drug-likeness (QED) is 0.804. The van der Waals surface area contributed by atoms with Crippen LogP contribution in [0.5, 0.6) is 0 Å². The number of amides is 1. The summed E-state index contributed by atoms with van der Waals surface area (Å²) in [6, 6.07) is 0. The van der Waals surface area contributed by atoms with E-state index in [1.54, 1.807) is 6.92 Å². The van der Waals surface area contributed by atoms with E-state index in [2.05, 4.69) is 20.7 Å². The molecule has 0 atom stereocenters. The van der Waals surface area contributed by atoms with Crippen molar-refractivity contribution in [2.45, 2.75) is 20.8 Å². The minimum absolute atomic E-state index is 0.259. The number of anilines is 1. The first-order valence-electron chi connectivity index (χ1n) is 4.83. The number of aryl methyl sites for hydroxylation is 2. The second-order valence-electron chi connectivity index (χ2n) is 3.58. The van der Waals surface area contributed by atoms with Crippen LogP contribution in [0.15, 0.2) is 10.7 Å². The van der Waals surface area contributed by atoms with E-state index in [1.165, 1.54) is 6.20 Å². The molecule has 16 heavy (non-hydrogen) atoms. The molecule has 0 saturated heterocycles. The number of aromatic nitrogens is 3. The highest BCUT2D eigenvalue weighted by atomic mass is 16.5. The maximum atomic E-state index is 11.8. The maximum absolute atomic E-state index is 11.8. The van der Waals surface area contributed by atoms with Gasteiger partial charge in [-0.05, 0) is 20.8 Å². The molecular weight excluding hydrogens is 208 g/mol. The van der Waals surface area contributed by atoms with Crippen molar-refractivity contribution in [2.75, 3.05) is 5.32 Å². The van der Waals surface area contributed by atoms with Crippen molar-refractivity contribution in [1.82, 2.24) is 15.4 Å². The zero-order valence-corrected chi connectivity index (χ0v) is 9.29. The topological polar surface area (TPSA) is 83.8 Å². The molecular formula is C10H12N4O2. The molecule has 2 rings (SSSR count). The minimum Gasteiger partial charge on any atom is -0.338 e. The van der Waals surface area contributed by atoms with Gasteiger partial charge >= 0.3 is 0 Å². The van der Waals surface area contributed by atoms with Crippen LogP contribution >= 0.6 is 0 Å². The lowest BCUT2D eigenvalue weighted by molar-refractivity contribution is 0.102. The highest BCUT2D eigenvalue weighted by Crippen LogP contribution is 2.18. The highest BCUT2D eigenvalue weighted by Gasteiger charge is 2.15. The molecule has 0 radical (unpaired) electrons. The molecule has 2 N–H and O–H groups in total. The summed E-state index contributed by atoms with van der Waals surface area (Å²) in [5, 5.41) is 12.9. The van der Waals surface area contributed by atoms with Crippen LogP contribution in [0, 0.1) is 20.8 Å². The molecule has 84 valence electrons. The molecule has 6 nitrogen and oxygen atoms in total. The molecule has 0 aliphatic heterocycles. The molecule has 0 aromatic carbocycles. The summed E-state index contributed by atoms with van der Waals surface area (Å²) in [5.74, 6) is 0.119. The van der Waals surface area contributed by atoms with Crippen LogP contribution in [0.1, 0.15) is 27.3 Å². The number of hydrogen-bond donors (Lipinski definition) is 2. The molecule has 0 aliphatic carbocycles. The van der Waals surface area contributed by atoms with E-state index in [1.807, 2.05) is 13.8 Å². The van der Waals surface area contributed by atoms with Crippen LogP contribution in [-0.4, -0.2) is 21.3 Å². The first kappa shape index (κ1) is 10.4. The van der Waals surface area contributed by atoms with Crippen molar-refractivity contribution in [1.29, 1.82) is 0 Å². The Labute approximate surface area is 92.0 Å². The first-order chi connectivity index (χ1) is 7.59. The lowest BCUT2D eigenvalue weighted by atomic mass is 10.2. The van der Waals surface area contributed by atoms with Crippen LogP contribution in [0.2, 0.25) is 0 Å². The highest BCUT2D eigenvalue weighted by molar-refractivity contribution is 6.04. The van der Waals surface area contributed by atoms with Crippen molar-refractivity contribution in [2.24, 2.45) is 0 Å². The van der Waals surface area contributed by atoms with Gasteiger partial charge in [0.15, 0.2) is 0 Å². The summed E-state index contributed by atoms with van der Waals surface area (Å²) in [6.45, 7) is 5.43. The Morgan fingerprint density at radius 1 is 1.44 bits per heavy atom. The van der Waals surface area contributed by atoms with E-state index < -0.39 is 0 Å². The average Bonchev–Trinajstić information content (AvgIpc) is 2.79. The second kappa shape index (κ2) is 3.80. The zero-order chi connectivity index (χ0) is 11.7. The average molecular weight is 220 g/mol. The van der Waals surface area contributed by atoms with E-state index in [4.69, 9.17) is 4.52 Å². The van der Waals surface area contributed by atoms with Crippen LogP contribution in [0.3, 0.4) is 0 Å². The molecule has 1 amide bonds. The van der Waals surface area contributed by atoms with Gasteiger partial charge in [0.2, 0.25) is 5.88 Å². The number of aromatic amines is 1. The predicted molar refractivity (Wildman–Crippen MR) is 57.3 cm³/mol. The van der Waals surface area contributed by atoms with Crippen LogP contribution in [0.4, 0.5) is 5.88 Å². The van der Waals surface area contributed by atoms with Crippen molar-refractivity contribution >= 4 is 11.8 Å². The monoisotopic (exact) mass is 220 g/mol. The van der Waals surface area contributed by atoms with Crippen LogP contribution in [0.25, 0.3) is 0 Å². The predicted octanol–water partition coefficient (Wildman–Crippen LogP) is 1.58. The maximum Gasteiger partial charge on any atom is 0.261 e. The van der Waals surface area contributed by atoms with Crippen LogP contribution in [-0.2, 0) is 0 Å². The molecule has 0 aliphatic rings. The second-order valence-corrected chi connectivity index (χ2v) is 3.58. The fraction of sp³-hybridized carbons (Fsp3) is 0.300. The van der Waals surface area contributed by atoms with E-state index in [0.717, 1.165) is 11.3 Å². The number of carbonyl (C=O) groups is 1. The Balaban J connectivity index is 2.20. The van der Waals surface area contributed by atoms with Gasteiger partial charge in [-0.1, -0.05) is 5.16 Å². The summed E-state index contributed by atoms with van der Waals surface area (Å²) in [6.07, 6.45) is 1.48. The minimum atomic E-state index is -0.259. The molecule has 2 aromatic heterocycles. The normalized spacial score (nSPS) is 10.4. The lowest BCUT2D eigenvalue weighted by Crippen LogP contribution is -2.12. The molecule has 0 saturated carbocycles. The summed E-state index contributed by atoms with van der Waals surface area (Å²) < 4.78 is 4.99. The third-order valence-corrected chi connectivity index (χ3v) is 2.46. The van der Waals surface area contributed by atoms with Gasteiger partial charge in [-0.25, -0.2) is 0 Å². The van der Waals surface area contributed by atoms with Crippen molar-refractivity contribution in [3.63, 3.8) is 0 Å². The lowest BCUT2D eigenvalue weighted by Gasteiger charge is -2.00. The van der Waals surface area contributed by atoms with E-state index >= 15 is 0 Å². The SMILES string of the molecule is Cc1noc(NC(=O)c2cn[nH]c2C)c1C. The molecule has 2 aromatic rings. The van der Waals surface area contributed by atoms with Gasteiger partial charge in [-0.15, -0.1) is 0 Å². The number of rotatable bonds is 2. The molecule has 0 spiro atoms. The molecule has 0 unspecified atom stereocenters. The molecule has 0 fully saturated rings. The smallest absolute Gasteiger partial charge is 0.261 e. The van der Waals surface area contributed by atoms with Gasteiger partial charge in [-0.2, -0.15) is 5.10 Å². The van der Waals surface area contributed by atoms with E-state index in [0.29, 0.717) is 17.1 Å². The van der Waals surface area contributed by atoms with Gasteiger partial charge in [-0.3, -0.25) is 15.2 Å². The summed E-state index contributed by atoms with van der Waals surface area (Å²) >= 11 is 0. The molecule has 6 heteroatoms. The number of nitrogens with one attached hydrogen (secondary N) is 2. The van der Waals surface area contributed by atoms with Crippen molar-refractivity contribution < 1.29 is 9.32 Å². The van der Waals surface area contributed by atoms with Gasteiger partial charge in [0.05, 0.1) is 17.5 Å². The first-order valence-corrected chi connectivity index (χ1v) is 4.83. The number of H-pyrrole nitrogens is 1. The van der Waals surface area contributed by atoms with E-state index in [-0.39, 0.29) is 5.91 Å². The van der Waals surface area contributed by atoms with Gasteiger partial charge in [0.25, 0.3) is 5.91 Å². The van der Waals surface area contributed by atoms with Gasteiger partial charge in [0.1, 0.15) is 0 Å². The Morgan fingerprint density at radius 2 is 2.19 bits per heavy atom. The van der Waals surface area contributed by atoms with Gasteiger partial charge in [0, 0.05) is 11.3 Å². The fourth-order valence-corrected chi connectivity index (χ4v) is 1.28. The standard InChI is InChI=1S/C10H12N4O2/c1-5-6(2)14-16-10(5)12-9(15)8-4-11-13-7(8)3/h4H,1-3H3,(H,11,13)(H,12,15). The Bertz CT molecular complexity index is 527. The van der Waals surface area contributed by atoms with Crippen molar-refractivity contribution in [3.8, 4) is 0 Å². The third-order valence-electron chi connectivity index (χ3n) is 2.46. The summed E-state index contributed by atoms with van der Waals surface area (Å²) in [4.78, 5) is 11.8. The van der Waals surface area contributed by atoms with Crippen LogP contribution < -0.4 is 5.32 Å². The Morgan fingerprint density at radius 3 is 2.69 bits per heavy atom. The zero-order valence-electron chi connectivity index (χ0n) is 9.29. The summed E-state index contributed by atoms with van der Waals surface area (Å²) in [7, 11) is 0. The number of hydrogen-bond acceptors (Lipinski definition) is 4. The number of nitrogens with zero attached hydrogens (tertiary/aromatic N) is 2.